The SMILES string of the molecule is CCC(C)C(C)Nc1cc([N+](=O)[O-])c(F)cc1F. The molecule has 1 aromatic rings. The Balaban J connectivity index is 3.02. The second-order valence-electron chi connectivity index (χ2n) is 4.36. The van der Waals surface area contributed by atoms with Gasteiger partial charge in [-0.3, -0.25) is 10.1 Å². The van der Waals surface area contributed by atoms with Crippen LogP contribution in [-0.4, -0.2) is 11.0 Å². The van der Waals surface area contributed by atoms with Crippen LogP contribution in [0, 0.1) is 27.7 Å². The van der Waals surface area contributed by atoms with Crippen molar-refractivity contribution in [1.29, 1.82) is 0 Å². The van der Waals surface area contributed by atoms with Crippen LogP contribution in [0.4, 0.5) is 20.2 Å². The van der Waals surface area contributed by atoms with E-state index in [2.05, 4.69) is 5.32 Å². The van der Waals surface area contributed by atoms with Crippen LogP contribution in [0.1, 0.15) is 27.2 Å². The average Bonchev–Trinajstić information content (AvgIpc) is 2.30. The van der Waals surface area contributed by atoms with Crippen molar-refractivity contribution in [3.8, 4) is 0 Å². The monoisotopic (exact) mass is 258 g/mol. The number of nitro groups is 1. The molecule has 0 bridgehead atoms. The van der Waals surface area contributed by atoms with Crippen molar-refractivity contribution in [2.75, 3.05) is 5.32 Å². The number of nitrogens with one attached hydrogen (secondary N) is 1. The molecule has 100 valence electrons. The van der Waals surface area contributed by atoms with Gasteiger partial charge in [0.05, 0.1) is 10.6 Å². The normalized spacial score (nSPS) is 14.1. The summed E-state index contributed by atoms with van der Waals surface area (Å²) in [6, 6.07) is 1.36. The molecule has 0 aromatic heterocycles. The van der Waals surface area contributed by atoms with E-state index in [1.54, 1.807) is 0 Å². The lowest BCUT2D eigenvalue weighted by atomic mass is 10.0. The number of hydrogen-bond donors (Lipinski definition) is 1. The maximum atomic E-state index is 13.5. The standard InChI is InChI=1S/C12H16F2N2O2/c1-4-7(2)8(3)15-11-6-12(16(17)18)10(14)5-9(11)13/h5-8,15H,4H2,1-3H3. The summed E-state index contributed by atoms with van der Waals surface area (Å²) in [4.78, 5) is 9.71. The number of nitro benzene ring substituents is 1. The van der Waals surface area contributed by atoms with Crippen LogP contribution >= 0.6 is 0 Å². The van der Waals surface area contributed by atoms with Gasteiger partial charge >= 0.3 is 5.69 Å². The lowest BCUT2D eigenvalue weighted by molar-refractivity contribution is -0.387. The number of hydrogen-bond acceptors (Lipinski definition) is 3. The molecular formula is C12H16F2N2O2. The molecular weight excluding hydrogens is 242 g/mol. The minimum atomic E-state index is -1.17. The molecule has 0 saturated heterocycles. The summed E-state index contributed by atoms with van der Waals surface area (Å²) in [6.45, 7) is 5.82. The molecule has 2 unspecified atom stereocenters. The third-order valence-corrected chi connectivity index (χ3v) is 3.11. The second kappa shape index (κ2) is 5.75. The molecule has 0 saturated carbocycles. The molecule has 4 nitrogen and oxygen atoms in total. The summed E-state index contributed by atoms with van der Waals surface area (Å²) in [5.41, 5.74) is -0.772. The lowest BCUT2D eigenvalue weighted by Gasteiger charge is -2.21. The number of rotatable bonds is 5. The molecule has 1 aromatic carbocycles. The summed E-state index contributed by atoms with van der Waals surface area (Å²) in [5, 5.41) is 13.4. The van der Waals surface area contributed by atoms with Gasteiger partial charge in [-0.1, -0.05) is 20.3 Å². The predicted molar refractivity (Wildman–Crippen MR) is 65.6 cm³/mol. The Labute approximate surface area is 104 Å². The van der Waals surface area contributed by atoms with Gasteiger partial charge in [0.1, 0.15) is 5.82 Å². The van der Waals surface area contributed by atoms with Gasteiger partial charge in [0.25, 0.3) is 0 Å². The molecule has 0 spiro atoms. The van der Waals surface area contributed by atoms with E-state index in [-0.39, 0.29) is 17.6 Å². The van der Waals surface area contributed by atoms with Crippen molar-refractivity contribution in [2.24, 2.45) is 5.92 Å². The zero-order valence-corrected chi connectivity index (χ0v) is 10.5. The maximum absolute atomic E-state index is 13.5. The van der Waals surface area contributed by atoms with Crippen molar-refractivity contribution in [3.05, 3.63) is 33.9 Å². The van der Waals surface area contributed by atoms with Gasteiger partial charge in [-0.05, 0) is 12.8 Å². The van der Waals surface area contributed by atoms with Crippen LogP contribution in [0.25, 0.3) is 0 Å². The minimum absolute atomic E-state index is 0.0455. The highest BCUT2D eigenvalue weighted by atomic mass is 19.1. The summed E-state index contributed by atoms with van der Waals surface area (Å²) < 4.78 is 26.6. The molecule has 0 amide bonds. The molecule has 0 radical (unpaired) electrons. The quantitative estimate of drug-likeness (QED) is 0.646. The largest absolute Gasteiger partial charge is 0.380 e. The fourth-order valence-corrected chi connectivity index (χ4v) is 1.53. The van der Waals surface area contributed by atoms with E-state index in [1.165, 1.54) is 0 Å². The van der Waals surface area contributed by atoms with Gasteiger partial charge in [-0.25, -0.2) is 4.39 Å². The summed E-state index contributed by atoms with van der Waals surface area (Å²) >= 11 is 0. The highest BCUT2D eigenvalue weighted by Crippen LogP contribution is 2.26. The van der Waals surface area contributed by atoms with Crippen LogP contribution in [-0.2, 0) is 0 Å². The van der Waals surface area contributed by atoms with Crippen molar-refractivity contribution < 1.29 is 13.7 Å². The lowest BCUT2D eigenvalue weighted by Crippen LogP contribution is -2.23. The Hall–Kier alpha value is -1.72. The zero-order chi connectivity index (χ0) is 13.9. The number of anilines is 1. The van der Waals surface area contributed by atoms with E-state index < -0.39 is 22.2 Å². The van der Waals surface area contributed by atoms with Crippen LogP contribution in [0.5, 0.6) is 0 Å². The smallest absolute Gasteiger partial charge is 0.307 e. The third-order valence-electron chi connectivity index (χ3n) is 3.11. The van der Waals surface area contributed by atoms with Crippen molar-refractivity contribution in [3.63, 3.8) is 0 Å². The molecule has 18 heavy (non-hydrogen) atoms. The molecule has 0 heterocycles. The van der Waals surface area contributed by atoms with Gasteiger partial charge in [-0.15, -0.1) is 0 Å². The Morgan fingerprint density at radius 1 is 1.33 bits per heavy atom. The number of nitrogens with zero attached hydrogens (tertiary/aromatic N) is 1. The molecule has 2 atom stereocenters. The fraction of sp³-hybridized carbons (Fsp3) is 0.500. The first-order chi connectivity index (χ1) is 8.36. The molecule has 0 aliphatic carbocycles. The molecule has 0 aliphatic rings. The van der Waals surface area contributed by atoms with Crippen molar-refractivity contribution in [2.45, 2.75) is 33.2 Å². The fourth-order valence-electron chi connectivity index (χ4n) is 1.53. The van der Waals surface area contributed by atoms with Gasteiger partial charge in [-0.2, -0.15) is 4.39 Å². The Kier molecular flexibility index (Phi) is 4.58. The van der Waals surface area contributed by atoms with E-state index in [0.717, 1.165) is 12.5 Å². The van der Waals surface area contributed by atoms with E-state index in [0.29, 0.717) is 6.07 Å². The second-order valence-corrected chi connectivity index (χ2v) is 4.36. The number of halogens is 2. The molecule has 0 fully saturated rings. The first-order valence-electron chi connectivity index (χ1n) is 5.76. The highest BCUT2D eigenvalue weighted by Gasteiger charge is 2.20. The average molecular weight is 258 g/mol. The number of benzene rings is 1. The van der Waals surface area contributed by atoms with E-state index in [1.807, 2.05) is 20.8 Å². The van der Waals surface area contributed by atoms with Gasteiger partial charge in [0, 0.05) is 18.2 Å². The summed E-state index contributed by atoms with van der Waals surface area (Å²) in [5.74, 6) is -1.72. The molecule has 1 rings (SSSR count). The first kappa shape index (κ1) is 14.3. The summed E-state index contributed by atoms with van der Waals surface area (Å²) in [6.07, 6.45) is 0.888. The third kappa shape index (κ3) is 3.15. The van der Waals surface area contributed by atoms with Crippen LogP contribution in [0.3, 0.4) is 0 Å². The van der Waals surface area contributed by atoms with E-state index in [4.69, 9.17) is 0 Å². The molecule has 1 N–H and O–H groups in total. The molecule has 0 aliphatic heterocycles. The van der Waals surface area contributed by atoms with Gasteiger partial charge in [0.2, 0.25) is 5.82 Å². The van der Waals surface area contributed by atoms with Crippen LogP contribution < -0.4 is 5.32 Å². The minimum Gasteiger partial charge on any atom is -0.380 e. The van der Waals surface area contributed by atoms with Crippen LogP contribution in [0.2, 0.25) is 0 Å². The summed E-state index contributed by atoms with van der Waals surface area (Å²) in [7, 11) is 0. The van der Waals surface area contributed by atoms with E-state index >= 15 is 0 Å². The van der Waals surface area contributed by atoms with Gasteiger partial charge in [0.15, 0.2) is 0 Å². The highest BCUT2D eigenvalue weighted by molar-refractivity contribution is 5.53. The van der Waals surface area contributed by atoms with Crippen molar-refractivity contribution >= 4 is 11.4 Å². The van der Waals surface area contributed by atoms with Crippen molar-refractivity contribution in [1.82, 2.24) is 0 Å². The topological polar surface area (TPSA) is 55.2 Å². The predicted octanol–water partition coefficient (Wildman–Crippen LogP) is 3.72. The Bertz CT molecular complexity index is 452. The van der Waals surface area contributed by atoms with E-state index in [9.17, 15) is 18.9 Å². The maximum Gasteiger partial charge on any atom is 0.307 e. The zero-order valence-electron chi connectivity index (χ0n) is 10.5. The first-order valence-corrected chi connectivity index (χ1v) is 5.76. The van der Waals surface area contributed by atoms with Gasteiger partial charge < -0.3 is 5.32 Å². The van der Waals surface area contributed by atoms with Crippen LogP contribution in [0.15, 0.2) is 12.1 Å². The Morgan fingerprint density at radius 2 is 1.94 bits per heavy atom. The molecule has 6 heteroatoms. The Morgan fingerprint density at radius 3 is 2.44 bits per heavy atom.